The summed E-state index contributed by atoms with van der Waals surface area (Å²) >= 11 is 0. The molecule has 0 saturated carbocycles. The molecule has 0 N–H and O–H groups in total. The molecule has 26 heavy (non-hydrogen) atoms. The van der Waals surface area contributed by atoms with Crippen LogP contribution in [0.5, 0.6) is 0 Å². The molecule has 0 aromatic carbocycles. The molecule has 2 fully saturated rings. The van der Waals surface area contributed by atoms with Crippen LogP contribution in [0.25, 0.3) is 11.1 Å². The van der Waals surface area contributed by atoms with Gasteiger partial charge in [0, 0.05) is 68.7 Å². The first kappa shape index (κ1) is 16.9. The minimum Gasteiger partial charge on any atom is -0.342 e. The highest BCUT2D eigenvalue weighted by Gasteiger charge is 2.28. The lowest BCUT2D eigenvalue weighted by Crippen LogP contribution is -2.38. The number of anilines is 1. The van der Waals surface area contributed by atoms with Crippen molar-refractivity contribution >= 4 is 11.9 Å². The van der Waals surface area contributed by atoms with Crippen LogP contribution in [0.4, 0.5) is 5.95 Å². The molecule has 136 valence electrons. The monoisotopic (exact) mass is 351 g/mol. The number of rotatable bonds is 3. The number of amides is 1. The summed E-state index contributed by atoms with van der Waals surface area (Å²) < 4.78 is 0. The fraction of sp³-hybridized carbons (Fsp3) is 0.500. The smallest absolute Gasteiger partial charge is 0.225 e. The minimum atomic E-state index is 0.145. The van der Waals surface area contributed by atoms with Crippen molar-refractivity contribution in [3.63, 3.8) is 0 Å². The number of pyridine rings is 1. The molecular formula is C20H25N5O. The van der Waals surface area contributed by atoms with Gasteiger partial charge >= 0.3 is 0 Å². The van der Waals surface area contributed by atoms with Gasteiger partial charge in [-0.25, -0.2) is 9.97 Å². The van der Waals surface area contributed by atoms with Gasteiger partial charge in [-0.05, 0) is 31.7 Å². The quantitative estimate of drug-likeness (QED) is 0.851. The molecule has 2 aliphatic rings. The molecule has 6 heteroatoms. The van der Waals surface area contributed by atoms with E-state index in [0.29, 0.717) is 0 Å². The van der Waals surface area contributed by atoms with Crippen LogP contribution < -0.4 is 4.90 Å². The number of hydrogen-bond acceptors (Lipinski definition) is 5. The Kier molecular flexibility index (Phi) is 4.82. The van der Waals surface area contributed by atoms with E-state index < -0.39 is 0 Å². The number of piperidine rings is 1. The lowest BCUT2D eigenvalue weighted by atomic mass is 9.90. The molecular weight excluding hydrogens is 326 g/mol. The molecule has 2 saturated heterocycles. The maximum atomic E-state index is 11.9. The maximum Gasteiger partial charge on any atom is 0.225 e. The Hall–Kier alpha value is -2.50. The Morgan fingerprint density at radius 3 is 2.73 bits per heavy atom. The highest BCUT2D eigenvalue weighted by atomic mass is 16.2. The van der Waals surface area contributed by atoms with E-state index in [2.05, 4.69) is 20.9 Å². The van der Waals surface area contributed by atoms with Gasteiger partial charge in [0.2, 0.25) is 11.9 Å². The highest BCUT2D eigenvalue weighted by molar-refractivity contribution is 5.73. The normalized spacial score (nSPS) is 20.4. The topological polar surface area (TPSA) is 62.2 Å². The molecule has 0 aliphatic carbocycles. The van der Waals surface area contributed by atoms with Gasteiger partial charge in [0.15, 0.2) is 0 Å². The van der Waals surface area contributed by atoms with Crippen LogP contribution in [0.15, 0.2) is 30.7 Å². The predicted octanol–water partition coefficient (Wildman–Crippen LogP) is 2.86. The van der Waals surface area contributed by atoms with E-state index in [1.807, 2.05) is 23.4 Å². The first-order valence-corrected chi connectivity index (χ1v) is 9.50. The molecule has 0 bridgehead atoms. The van der Waals surface area contributed by atoms with Crippen LogP contribution in [0.2, 0.25) is 0 Å². The van der Waals surface area contributed by atoms with E-state index in [1.54, 1.807) is 13.1 Å². The summed E-state index contributed by atoms with van der Waals surface area (Å²) in [5, 5.41) is 0. The lowest BCUT2D eigenvalue weighted by Gasteiger charge is -2.33. The van der Waals surface area contributed by atoms with Crippen molar-refractivity contribution in [2.75, 3.05) is 31.1 Å². The van der Waals surface area contributed by atoms with E-state index in [9.17, 15) is 4.79 Å². The second kappa shape index (κ2) is 7.40. The molecule has 1 unspecified atom stereocenters. The Bertz CT molecular complexity index is 773. The molecule has 2 aromatic heterocycles. The zero-order chi connectivity index (χ0) is 17.9. The number of nitrogens with zero attached hydrogens (tertiary/aromatic N) is 5. The molecule has 2 aliphatic heterocycles. The minimum absolute atomic E-state index is 0.145. The van der Waals surface area contributed by atoms with Gasteiger partial charge in [-0.1, -0.05) is 6.07 Å². The average molecular weight is 351 g/mol. The zero-order valence-corrected chi connectivity index (χ0v) is 15.3. The van der Waals surface area contributed by atoms with Crippen LogP contribution in [0, 0.1) is 0 Å². The molecule has 1 atom stereocenters. The van der Waals surface area contributed by atoms with Crippen molar-refractivity contribution in [3.05, 3.63) is 36.4 Å². The fourth-order valence-electron chi connectivity index (χ4n) is 4.00. The maximum absolute atomic E-state index is 11.9. The Balaban J connectivity index is 1.73. The summed E-state index contributed by atoms with van der Waals surface area (Å²) in [6.07, 6.45) is 10.0. The van der Waals surface area contributed by atoms with E-state index in [0.717, 1.165) is 61.8 Å². The third kappa shape index (κ3) is 3.41. The molecule has 4 rings (SSSR count). The first-order valence-electron chi connectivity index (χ1n) is 9.50. The Morgan fingerprint density at radius 1 is 1.15 bits per heavy atom. The number of aromatic nitrogens is 3. The van der Waals surface area contributed by atoms with Gasteiger partial charge in [0.25, 0.3) is 0 Å². The summed E-state index contributed by atoms with van der Waals surface area (Å²) in [5.74, 6) is 1.21. The van der Waals surface area contributed by atoms with Gasteiger partial charge < -0.3 is 9.80 Å². The molecule has 0 radical (unpaired) electrons. The van der Waals surface area contributed by atoms with Crippen LogP contribution >= 0.6 is 0 Å². The van der Waals surface area contributed by atoms with Crippen LogP contribution in [0.1, 0.15) is 44.2 Å². The van der Waals surface area contributed by atoms with Crippen molar-refractivity contribution < 1.29 is 4.79 Å². The average Bonchev–Trinajstić information content (AvgIpc) is 3.23. The first-order chi connectivity index (χ1) is 12.7. The van der Waals surface area contributed by atoms with Crippen LogP contribution in [0.3, 0.4) is 0 Å². The van der Waals surface area contributed by atoms with E-state index in [1.165, 1.54) is 12.8 Å². The zero-order valence-electron chi connectivity index (χ0n) is 15.3. The van der Waals surface area contributed by atoms with Gasteiger partial charge in [-0.3, -0.25) is 9.78 Å². The van der Waals surface area contributed by atoms with Crippen LogP contribution in [-0.4, -0.2) is 51.9 Å². The lowest BCUT2D eigenvalue weighted by molar-refractivity contribution is -0.130. The Labute approximate surface area is 154 Å². The molecule has 6 nitrogen and oxygen atoms in total. The summed E-state index contributed by atoms with van der Waals surface area (Å²) in [4.78, 5) is 30.0. The molecule has 0 spiro atoms. The van der Waals surface area contributed by atoms with E-state index in [4.69, 9.17) is 4.98 Å². The van der Waals surface area contributed by atoms with Crippen LogP contribution in [-0.2, 0) is 4.79 Å². The number of likely N-dealkylation sites (tertiary alicyclic amines) is 1. The second-order valence-electron chi connectivity index (χ2n) is 7.21. The predicted molar refractivity (Wildman–Crippen MR) is 101 cm³/mol. The molecule has 4 heterocycles. The largest absolute Gasteiger partial charge is 0.342 e. The molecule has 2 aromatic rings. The standard InChI is InChI=1S/C20H25N5O/c1-15(26)25-11-5-7-17(14-25)19-18(16-6-4-8-21-12-16)13-22-20(23-19)24-9-2-3-10-24/h4,6,8,12-13,17H,2-3,5,7,9-11,14H2,1H3. The second-order valence-corrected chi connectivity index (χ2v) is 7.21. The van der Waals surface area contributed by atoms with Crippen molar-refractivity contribution in [3.8, 4) is 11.1 Å². The number of hydrogen-bond donors (Lipinski definition) is 0. The number of carbonyl (C=O) groups is 1. The Morgan fingerprint density at radius 2 is 2.00 bits per heavy atom. The van der Waals surface area contributed by atoms with Crippen molar-refractivity contribution in [1.29, 1.82) is 0 Å². The SMILES string of the molecule is CC(=O)N1CCCC(c2nc(N3CCCC3)ncc2-c2cccnc2)C1. The number of carbonyl (C=O) groups excluding carboxylic acids is 1. The van der Waals surface area contributed by atoms with Gasteiger partial charge in [0.1, 0.15) is 0 Å². The summed E-state index contributed by atoms with van der Waals surface area (Å²) in [6, 6.07) is 3.99. The summed E-state index contributed by atoms with van der Waals surface area (Å²) in [7, 11) is 0. The van der Waals surface area contributed by atoms with Gasteiger partial charge in [-0.15, -0.1) is 0 Å². The van der Waals surface area contributed by atoms with Crippen molar-refractivity contribution in [2.24, 2.45) is 0 Å². The summed E-state index contributed by atoms with van der Waals surface area (Å²) in [6.45, 7) is 5.28. The van der Waals surface area contributed by atoms with Crippen molar-refractivity contribution in [1.82, 2.24) is 19.9 Å². The summed E-state index contributed by atoms with van der Waals surface area (Å²) in [5.41, 5.74) is 3.13. The van der Waals surface area contributed by atoms with Crippen molar-refractivity contribution in [2.45, 2.75) is 38.5 Å². The third-order valence-corrected chi connectivity index (χ3v) is 5.42. The van der Waals surface area contributed by atoms with Gasteiger partial charge in [-0.2, -0.15) is 0 Å². The van der Waals surface area contributed by atoms with Gasteiger partial charge in [0.05, 0.1) is 5.69 Å². The third-order valence-electron chi connectivity index (χ3n) is 5.42. The van der Waals surface area contributed by atoms with E-state index >= 15 is 0 Å². The molecule has 1 amide bonds. The highest BCUT2D eigenvalue weighted by Crippen LogP contribution is 2.34. The van der Waals surface area contributed by atoms with E-state index in [-0.39, 0.29) is 11.8 Å². The fourth-order valence-corrected chi connectivity index (χ4v) is 4.00.